The number of allylic oxidation sites excluding steroid dienone is 1. The molecule has 2 heteroatoms. The van der Waals surface area contributed by atoms with Crippen molar-refractivity contribution in [3.8, 4) is 0 Å². The van der Waals surface area contributed by atoms with E-state index in [1.54, 1.807) is 13.0 Å². The van der Waals surface area contributed by atoms with Crippen LogP contribution >= 0.6 is 0 Å². The molecule has 1 aromatic carbocycles. The smallest absolute Gasteiger partial charge is 0.126 e. The highest BCUT2D eigenvalue weighted by Gasteiger charge is 2.07. The van der Waals surface area contributed by atoms with Gasteiger partial charge in [-0.15, -0.1) is 6.58 Å². The lowest BCUT2D eigenvalue weighted by Crippen LogP contribution is -2.10. The van der Waals surface area contributed by atoms with Crippen molar-refractivity contribution in [1.82, 2.24) is 0 Å². The molecule has 1 nitrogen and oxygen atoms in total. The molecule has 1 aromatic rings. The molecule has 0 aliphatic rings. The van der Waals surface area contributed by atoms with Crippen molar-refractivity contribution in [3.63, 3.8) is 0 Å². The zero-order valence-electron chi connectivity index (χ0n) is 10.6. The van der Waals surface area contributed by atoms with Crippen LogP contribution < -0.4 is 5.73 Å². The minimum atomic E-state index is -0.160. The van der Waals surface area contributed by atoms with Gasteiger partial charge in [-0.1, -0.05) is 31.1 Å². The van der Waals surface area contributed by atoms with Gasteiger partial charge in [-0.05, 0) is 43.4 Å². The third kappa shape index (κ3) is 4.70. The number of aryl methyl sites for hydroxylation is 1. The van der Waals surface area contributed by atoms with E-state index in [1.807, 2.05) is 12.1 Å². The van der Waals surface area contributed by atoms with Crippen LogP contribution in [0.3, 0.4) is 0 Å². The van der Waals surface area contributed by atoms with Crippen LogP contribution in [0, 0.1) is 12.7 Å². The molecule has 0 aliphatic heterocycles. The van der Waals surface area contributed by atoms with E-state index in [2.05, 4.69) is 6.58 Å². The van der Waals surface area contributed by atoms with Gasteiger partial charge in [0, 0.05) is 6.04 Å². The van der Waals surface area contributed by atoms with Crippen molar-refractivity contribution in [2.75, 3.05) is 0 Å². The van der Waals surface area contributed by atoms with Gasteiger partial charge in [0.05, 0.1) is 0 Å². The molecule has 0 bridgehead atoms. The quantitative estimate of drug-likeness (QED) is 0.554. The zero-order chi connectivity index (χ0) is 12.7. The first-order chi connectivity index (χ1) is 8.15. The van der Waals surface area contributed by atoms with E-state index in [9.17, 15) is 4.39 Å². The minimum Gasteiger partial charge on any atom is -0.324 e. The molecule has 17 heavy (non-hydrogen) atoms. The molecule has 0 saturated heterocycles. The summed E-state index contributed by atoms with van der Waals surface area (Å²) in [7, 11) is 0. The molecule has 0 saturated carbocycles. The van der Waals surface area contributed by atoms with E-state index < -0.39 is 0 Å². The third-order valence-corrected chi connectivity index (χ3v) is 3.03. The molecule has 1 atom stereocenters. The maximum Gasteiger partial charge on any atom is 0.126 e. The third-order valence-electron chi connectivity index (χ3n) is 3.03. The zero-order valence-corrected chi connectivity index (χ0v) is 10.6. The predicted octanol–water partition coefficient (Wildman–Crippen LogP) is 4.27. The van der Waals surface area contributed by atoms with Gasteiger partial charge in [0.25, 0.3) is 0 Å². The van der Waals surface area contributed by atoms with Crippen molar-refractivity contribution in [1.29, 1.82) is 0 Å². The van der Waals surface area contributed by atoms with Crippen LogP contribution in [0.1, 0.15) is 49.3 Å². The molecule has 1 unspecified atom stereocenters. The predicted molar refractivity (Wildman–Crippen MR) is 71.3 cm³/mol. The molecule has 0 radical (unpaired) electrons. The molecule has 0 spiro atoms. The highest BCUT2D eigenvalue weighted by Crippen LogP contribution is 2.20. The van der Waals surface area contributed by atoms with E-state index in [1.165, 1.54) is 18.9 Å². The van der Waals surface area contributed by atoms with Crippen molar-refractivity contribution < 1.29 is 4.39 Å². The standard InChI is InChI=1S/C15H22FN/c1-3-4-5-6-7-8-15(17)13-9-10-14(16)12(2)11-13/h3,9-11,15H,1,4-8,17H2,2H3. The van der Waals surface area contributed by atoms with Crippen molar-refractivity contribution >= 4 is 0 Å². The highest BCUT2D eigenvalue weighted by molar-refractivity contribution is 5.26. The van der Waals surface area contributed by atoms with Gasteiger partial charge in [-0.3, -0.25) is 0 Å². The van der Waals surface area contributed by atoms with E-state index in [4.69, 9.17) is 5.73 Å². The van der Waals surface area contributed by atoms with E-state index in [-0.39, 0.29) is 11.9 Å². The van der Waals surface area contributed by atoms with E-state index in [0.29, 0.717) is 5.56 Å². The number of unbranched alkanes of at least 4 members (excludes halogenated alkanes) is 3. The average molecular weight is 235 g/mol. The maximum atomic E-state index is 13.1. The van der Waals surface area contributed by atoms with Crippen molar-refractivity contribution in [2.45, 2.75) is 45.1 Å². The summed E-state index contributed by atoms with van der Waals surface area (Å²) in [5.41, 5.74) is 7.79. The Morgan fingerprint density at radius 2 is 2.12 bits per heavy atom. The number of rotatable bonds is 7. The summed E-state index contributed by atoms with van der Waals surface area (Å²) in [6.45, 7) is 5.47. The first kappa shape index (κ1) is 13.9. The van der Waals surface area contributed by atoms with Gasteiger partial charge in [-0.25, -0.2) is 4.39 Å². The molecule has 1 rings (SSSR count). The maximum absolute atomic E-state index is 13.1. The fourth-order valence-corrected chi connectivity index (χ4v) is 1.89. The summed E-state index contributed by atoms with van der Waals surface area (Å²) in [6.07, 6.45) is 7.46. The Morgan fingerprint density at radius 3 is 2.76 bits per heavy atom. The van der Waals surface area contributed by atoms with Crippen LogP contribution in [-0.4, -0.2) is 0 Å². The van der Waals surface area contributed by atoms with E-state index >= 15 is 0 Å². The van der Waals surface area contributed by atoms with Gasteiger partial charge in [0.15, 0.2) is 0 Å². The summed E-state index contributed by atoms with van der Waals surface area (Å²) < 4.78 is 13.1. The van der Waals surface area contributed by atoms with Crippen LogP contribution in [-0.2, 0) is 0 Å². The van der Waals surface area contributed by atoms with Crippen LogP contribution in [0.25, 0.3) is 0 Å². The average Bonchev–Trinajstić information content (AvgIpc) is 2.32. The summed E-state index contributed by atoms with van der Waals surface area (Å²) in [4.78, 5) is 0. The Bertz CT molecular complexity index is 360. The molecule has 0 heterocycles. The Labute approximate surface area is 104 Å². The lowest BCUT2D eigenvalue weighted by Gasteiger charge is -2.12. The van der Waals surface area contributed by atoms with Crippen molar-refractivity contribution in [3.05, 3.63) is 47.8 Å². The minimum absolute atomic E-state index is 0.0260. The molecule has 94 valence electrons. The lowest BCUT2D eigenvalue weighted by molar-refractivity contribution is 0.568. The van der Waals surface area contributed by atoms with Gasteiger partial charge >= 0.3 is 0 Å². The second-order valence-corrected chi connectivity index (χ2v) is 4.54. The van der Waals surface area contributed by atoms with Crippen LogP contribution in [0.2, 0.25) is 0 Å². The van der Waals surface area contributed by atoms with E-state index in [0.717, 1.165) is 24.8 Å². The second kappa shape index (κ2) is 7.23. The number of nitrogens with two attached hydrogens (primary N) is 1. The Balaban J connectivity index is 2.38. The van der Waals surface area contributed by atoms with Crippen LogP contribution in [0.5, 0.6) is 0 Å². The molecule has 2 N–H and O–H groups in total. The number of benzene rings is 1. The first-order valence-corrected chi connectivity index (χ1v) is 6.27. The Kier molecular flexibility index (Phi) is 5.92. The summed E-state index contributed by atoms with van der Waals surface area (Å²) >= 11 is 0. The molecule has 0 aromatic heterocycles. The fourth-order valence-electron chi connectivity index (χ4n) is 1.89. The normalized spacial score (nSPS) is 12.4. The molecule has 0 amide bonds. The summed E-state index contributed by atoms with van der Waals surface area (Å²) in [5.74, 6) is -0.160. The topological polar surface area (TPSA) is 26.0 Å². The SMILES string of the molecule is C=CCCCCCC(N)c1ccc(F)c(C)c1. The van der Waals surface area contributed by atoms with Gasteiger partial charge in [-0.2, -0.15) is 0 Å². The molecule has 0 fully saturated rings. The lowest BCUT2D eigenvalue weighted by atomic mass is 9.99. The Hall–Kier alpha value is -1.15. The second-order valence-electron chi connectivity index (χ2n) is 4.54. The molecular formula is C15H22FN. The summed E-state index contributed by atoms with van der Waals surface area (Å²) in [5, 5.41) is 0. The van der Waals surface area contributed by atoms with Gasteiger partial charge in [0.2, 0.25) is 0 Å². The van der Waals surface area contributed by atoms with Crippen LogP contribution in [0.15, 0.2) is 30.9 Å². The Morgan fingerprint density at radius 1 is 1.35 bits per heavy atom. The van der Waals surface area contributed by atoms with Gasteiger partial charge < -0.3 is 5.73 Å². The molecular weight excluding hydrogens is 213 g/mol. The first-order valence-electron chi connectivity index (χ1n) is 6.27. The largest absolute Gasteiger partial charge is 0.324 e. The fraction of sp³-hybridized carbons (Fsp3) is 0.467. The molecule has 0 aliphatic carbocycles. The van der Waals surface area contributed by atoms with Crippen molar-refractivity contribution in [2.24, 2.45) is 5.73 Å². The monoisotopic (exact) mass is 235 g/mol. The number of hydrogen-bond acceptors (Lipinski definition) is 1. The van der Waals surface area contributed by atoms with Crippen LogP contribution in [0.4, 0.5) is 4.39 Å². The summed E-state index contributed by atoms with van der Waals surface area (Å²) in [6, 6.07) is 5.17. The number of hydrogen-bond donors (Lipinski definition) is 1. The highest BCUT2D eigenvalue weighted by atomic mass is 19.1. The number of halogens is 1. The van der Waals surface area contributed by atoms with Gasteiger partial charge in [0.1, 0.15) is 5.82 Å².